The van der Waals surface area contributed by atoms with Crippen molar-refractivity contribution < 1.29 is 9.18 Å². The van der Waals surface area contributed by atoms with Crippen molar-refractivity contribution in [3.63, 3.8) is 0 Å². The van der Waals surface area contributed by atoms with E-state index in [9.17, 15) is 9.18 Å². The van der Waals surface area contributed by atoms with Crippen LogP contribution in [0.25, 0.3) is 0 Å². The van der Waals surface area contributed by atoms with E-state index in [1.165, 1.54) is 12.1 Å². The monoisotopic (exact) mass is 302 g/mol. The van der Waals surface area contributed by atoms with Crippen molar-refractivity contribution in [2.75, 3.05) is 6.54 Å². The quantitative estimate of drug-likeness (QED) is 0.857. The number of thiophene rings is 1. The molecule has 3 nitrogen and oxygen atoms in total. The summed E-state index contributed by atoms with van der Waals surface area (Å²) in [5, 5.41) is 4.71. The van der Waals surface area contributed by atoms with Crippen LogP contribution in [0.3, 0.4) is 0 Å². The van der Waals surface area contributed by atoms with Gasteiger partial charge in [-0.1, -0.05) is 17.9 Å². The molecule has 2 rings (SSSR count). The number of hydrogen-bond donors (Lipinski definition) is 2. The highest BCUT2D eigenvalue weighted by atomic mass is 32.1. The Bertz CT molecular complexity index is 686. The van der Waals surface area contributed by atoms with Crippen molar-refractivity contribution >= 4 is 17.2 Å². The largest absolute Gasteiger partial charge is 0.345 e. The Morgan fingerprint density at radius 3 is 2.90 bits per heavy atom. The fourth-order valence-electron chi connectivity index (χ4n) is 1.81. The van der Waals surface area contributed by atoms with Crippen molar-refractivity contribution in [1.29, 1.82) is 0 Å². The van der Waals surface area contributed by atoms with Gasteiger partial charge in [0, 0.05) is 10.4 Å². The average Bonchev–Trinajstić information content (AvgIpc) is 2.99. The third kappa shape index (κ3) is 3.91. The molecule has 1 heterocycles. The Balaban J connectivity index is 2.12. The molecule has 1 amide bonds. The highest BCUT2D eigenvalue weighted by Crippen LogP contribution is 2.19. The van der Waals surface area contributed by atoms with E-state index in [4.69, 9.17) is 5.73 Å². The van der Waals surface area contributed by atoms with Crippen LogP contribution in [0, 0.1) is 17.7 Å². The van der Waals surface area contributed by atoms with E-state index in [1.54, 1.807) is 17.4 Å². The number of halogens is 1. The number of amides is 1. The molecule has 0 radical (unpaired) electrons. The van der Waals surface area contributed by atoms with Gasteiger partial charge in [0.1, 0.15) is 5.82 Å². The minimum absolute atomic E-state index is 0.0108. The summed E-state index contributed by atoms with van der Waals surface area (Å²) in [7, 11) is 0. The lowest BCUT2D eigenvalue weighted by atomic mass is 10.1. The number of carbonyl (C=O) groups is 1. The van der Waals surface area contributed by atoms with Gasteiger partial charge in [0.2, 0.25) is 0 Å². The molecular weight excluding hydrogens is 287 g/mol. The molecule has 1 aromatic heterocycles. The molecule has 108 valence electrons. The van der Waals surface area contributed by atoms with Crippen LogP contribution in [0.15, 0.2) is 35.7 Å². The third-order valence-corrected chi connectivity index (χ3v) is 3.92. The fraction of sp³-hybridized carbons (Fsp3) is 0.188. The molecule has 1 unspecified atom stereocenters. The molecule has 5 heteroatoms. The lowest BCUT2D eigenvalue weighted by Gasteiger charge is -2.12. The SMILES string of the molecule is CC(NC(=O)c1ccc(C#CCN)cc1F)c1cccs1. The molecule has 2 aromatic rings. The first-order chi connectivity index (χ1) is 10.1. The number of carbonyl (C=O) groups excluding carboxylic acids is 1. The second-order valence-electron chi connectivity index (χ2n) is 4.41. The van der Waals surface area contributed by atoms with Crippen LogP contribution < -0.4 is 11.1 Å². The lowest BCUT2D eigenvalue weighted by Crippen LogP contribution is -2.27. The summed E-state index contributed by atoms with van der Waals surface area (Å²) in [5.41, 5.74) is 5.77. The first-order valence-electron chi connectivity index (χ1n) is 6.44. The van der Waals surface area contributed by atoms with Gasteiger partial charge < -0.3 is 11.1 Å². The first-order valence-corrected chi connectivity index (χ1v) is 7.32. The minimum atomic E-state index is -0.588. The maximum atomic E-state index is 14.0. The van der Waals surface area contributed by atoms with Crippen LogP contribution in [0.5, 0.6) is 0 Å². The van der Waals surface area contributed by atoms with Gasteiger partial charge in [-0.25, -0.2) is 4.39 Å². The number of nitrogens with two attached hydrogens (primary N) is 1. The highest BCUT2D eigenvalue weighted by molar-refractivity contribution is 7.10. The van der Waals surface area contributed by atoms with Gasteiger partial charge in [-0.2, -0.15) is 0 Å². The van der Waals surface area contributed by atoms with Gasteiger partial charge in [-0.05, 0) is 36.6 Å². The van der Waals surface area contributed by atoms with E-state index in [2.05, 4.69) is 17.2 Å². The van der Waals surface area contributed by atoms with Gasteiger partial charge in [0.05, 0.1) is 18.2 Å². The zero-order chi connectivity index (χ0) is 15.2. The summed E-state index contributed by atoms with van der Waals surface area (Å²) >= 11 is 1.55. The molecule has 1 atom stereocenters. The Morgan fingerprint density at radius 1 is 1.48 bits per heavy atom. The summed E-state index contributed by atoms with van der Waals surface area (Å²) in [4.78, 5) is 13.1. The predicted molar refractivity (Wildman–Crippen MR) is 82.5 cm³/mol. The topological polar surface area (TPSA) is 55.1 Å². The van der Waals surface area contributed by atoms with E-state index < -0.39 is 11.7 Å². The molecular formula is C16H15FN2OS. The maximum absolute atomic E-state index is 14.0. The Labute approximate surface area is 127 Å². The van der Waals surface area contributed by atoms with E-state index >= 15 is 0 Å². The molecule has 0 spiro atoms. The van der Waals surface area contributed by atoms with E-state index in [1.807, 2.05) is 24.4 Å². The molecule has 21 heavy (non-hydrogen) atoms. The molecule has 0 aliphatic carbocycles. The molecule has 0 fully saturated rings. The number of hydrogen-bond acceptors (Lipinski definition) is 3. The Morgan fingerprint density at radius 2 is 2.29 bits per heavy atom. The number of rotatable bonds is 3. The molecule has 0 aliphatic heterocycles. The van der Waals surface area contributed by atoms with Crippen LogP contribution >= 0.6 is 11.3 Å². The molecule has 0 saturated carbocycles. The summed E-state index contributed by atoms with van der Waals surface area (Å²) in [5.74, 6) is 4.35. The second-order valence-corrected chi connectivity index (χ2v) is 5.39. The van der Waals surface area contributed by atoms with Gasteiger partial charge in [0.15, 0.2) is 0 Å². The van der Waals surface area contributed by atoms with Crippen LogP contribution in [-0.2, 0) is 0 Å². The third-order valence-electron chi connectivity index (χ3n) is 2.87. The van der Waals surface area contributed by atoms with Crippen LogP contribution in [0.2, 0.25) is 0 Å². The normalized spacial score (nSPS) is 11.4. The average molecular weight is 302 g/mol. The molecule has 0 saturated heterocycles. The molecule has 0 bridgehead atoms. The van der Waals surface area contributed by atoms with E-state index in [0.717, 1.165) is 4.88 Å². The summed E-state index contributed by atoms with van der Waals surface area (Å²) in [6, 6.07) is 7.97. The zero-order valence-corrected chi connectivity index (χ0v) is 12.3. The van der Waals surface area contributed by atoms with Crippen LogP contribution in [0.4, 0.5) is 4.39 Å². The van der Waals surface area contributed by atoms with Crippen molar-refractivity contribution in [1.82, 2.24) is 5.32 Å². The minimum Gasteiger partial charge on any atom is -0.345 e. The summed E-state index contributed by atoms with van der Waals surface area (Å²) in [6.07, 6.45) is 0. The van der Waals surface area contributed by atoms with Crippen molar-refractivity contribution in [2.45, 2.75) is 13.0 Å². The number of benzene rings is 1. The second kappa shape index (κ2) is 7.02. The van der Waals surface area contributed by atoms with E-state index in [0.29, 0.717) is 5.56 Å². The summed E-state index contributed by atoms with van der Waals surface area (Å²) < 4.78 is 14.0. The lowest BCUT2D eigenvalue weighted by molar-refractivity contribution is 0.0936. The first kappa shape index (κ1) is 15.2. The van der Waals surface area contributed by atoms with Gasteiger partial charge in [-0.15, -0.1) is 11.3 Å². The van der Waals surface area contributed by atoms with Crippen molar-refractivity contribution in [3.8, 4) is 11.8 Å². The molecule has 1 aromatic carbocycles. The van der Waals surface area contributed by atoms with Gasteiger partial charge in [-0.3, -0.25) is 4.79 Å². The maximum Gasteiger partial charge on any atom is 0.254 e. The molecule has 0 aliphatic rings. The van der Waals surface area contributed by atoms with Crippen LogP contribution in [-0.4, -0.2) is 12.5 Å². The van der Waals surface area contributed by atoms with Crippen molar-refractivity contribution in [3.05, 3.63) is 57.5 Å². The number of nitrogens with one attached hydrogen (secondary N) is 1. The Hall–Kier alpha value is -2.16. The summed E-state index contributed by atoms with van der Waals surface area (Å²) in [6.45, 7) is 2.07. The highest BCUT2D eigenvalue weighted by Gasteiger charge is 2.15. The zero-order valence-electron chi connectivity index (χ0n) is 11.5. The van der Waals surface area contributed by atoms with Gasteiger partial charge >= 0.3 is 0 Å². The van der Waals surface area contributed by atoms with Crippen molar-refractivity contribution in [2.24, 2.45) is 5.73 Å². The van der Waals surface area contributed by atoms with E-state index in [-0.39, 0.29) is 18.2 Å². The predicted octanol–water partition coefficient (Wildman–Crippen LogP) is 2.69. The fourth-order valence-corrected chi connectivity index (χ4v) is 2.55. The molecule has 3 N–H and O–H groups in total. The smallest absolute Gasteiger partial charge is 0.254 e. The van der Waals surface area contributed by atoms with Gasteiger partial charge in [0.25, 0.3) is 5.91 Å². The standard InChI is InChI=1S/C16H15FN2OS/c1-11(15-5-3-9-21-15)19-16(20)13-7-6-12(4-2-8-18)10-14(13)17/h3,5-7,9-11H,8,18H2,1H3,(H,19,20). The Kier molecular flexibility index (Phi) is 5.09. The van der Waals surface area contributed by atoms with Crippen LogP contribution in [0.1, 0.15) is 33.8 Å².